The number of carbonyl (C=O) groups excluding carboxylic acids is 1. The quantitative estimate of drug-likeness (QED) is 0.475. The van der Waals surface area contributed by atoms with Gasteiger partial charge in [0.1, 0.15) is 0 Å². The number of hydrogen-bond donors (Lipinski definition) is 1. The van der Waals surface area contributed by atoms with Crippen molar-refractivity contribution in [1.82, 2.24) is 0 Å². The van der Waals surface area contributed by atoms with E-state index in [-0.39, 0.29) is 19.0 Å². The molecule has 84 valence electrons. The molecule has 0 atom stereocenters. The van der Waals surface area contributed by atoms with E-state index >= 15 is 0 Å². The third-order valence-corrected chi connectivity index (χ3v) is 2.27. The Morgan fingerprint density at radius 1 is 1.50 bits per heavy atom. The van der Waals surface area contributed by atoms with Gasteiger partial charge in [0.25, 0.3) is 0 Å². The molecular formula is C13H15NO2. The topological polar surface area (TPSA) is 52.3 Å². The highest BCUT2D eigenvalue weighted by Crippen LogP contribution is 2.20. The highest BCUT2D eigenvalue weighted by atomic mass is 16.5. The number of anilines is 1. The lowest BCUT2D eigenvalue weighted by molar-refractivity contribution is -0.141. The standard InChI is InChI=1S/C13H15NO2/c1-4-5-16-12(15)8-11-7-9(2)6-10(3)13(11)14/h1,6-7H,5,8,14H2,2-3H3. The average Bonchev–Trinajstić information content (AvgIpc) is 2.22. The van der Waals surface area contributed by atoms with Crippen LogP contribution in [0.2, 0.25) is 0 Å². The van der Waals surface area contributed by atoms with Crippen molar-refractivity contribution in [2.45, 2.75) is 20.3 Å². The summed E-state index contributed by atoms with van der Waals surface area (Å²) in [7, 11) is 0. The SMILES string of the molecule is C#CCOC(=O)Cc1cc(C)cc(C)c1N. The van der Waals surface area contributed by atoms with E-state index in [2.05, 4.69) is 5.92 Å². The molecule has 3 nitrogen and oxygen atoms in total. The van der Waals surface area contributed by atoms with Crippen LogP contribution >= 0.6 is 0 Å². The fraction of sp³-hybridized carbons (Fsp3) is 0.308. The summed E-state index contributed by atoms with van der Waals surface area (Å²) in [5.74, 6) is 1.90. The molecule has 1 aromatic rings. The summed E-state index contributed by atoms with van der Waals surface area (Å²) in [4.78, 5) is 11.4. The molecule has 3 heteroatoms. The second kappa shape index (κ2) is 5.22. The maximum Gasteiger partial charge on any atom is 0.311 e. The zero-order valence-corrected chi connectivity index (χ0v) is 9.54. The first kappa shape index (κ1) is 12.1. The maximum absolute atomic E-state index is 11.4. The minimum Gasteiger partial charge on any atom is -0.452 e. The largest absolute Gasteiger partial charge is 0.452 e. The Bertz CT molecular complexity index is 444. The van der Waals surface area contributed by atoms with E-state index in [1.54, 1.807) is 0 Å². The minimum atomic E-state index is -0.352. The van der Waals surface area contributed by atoms with E-state index in [1.807, 2.05) is 26.0 Å². The van der Waals surface area contributed by atoms with Crippen molar-refractivity contribution in [3.05, 3.63) is 28.8 Å². The summed E-state index contributed by atoms with van der Waals surface area (Å²) in [6.07, 6.45) is 5.16. The van der Waals surface area contributed by atoms with Gasteiger partial charge in [-0.15, -0.1) is 6.42 Å². The summed E-state index contributed by atoms with van der Waals surface area (Å²) < 4.78 is 4.80. The Morgan fingerprint density at radius 2 is 2.19 bits per heavy atom. The van der Waals surface area contributed by atoms with Gasteiger partial charge in [0.05, 0.1) is 6.42 Å². The van der Waals surface area contributed by atoms with E-state index in [0.29, 0.717) is 5.69 Å². The zero-order valence-electron chi connectivity index (χ0n) is 9.54. The smallest absolute Gasteiger partial charge is 0.311 e. The van der Waals surface area contributed by atoms with Gasteiger partial charge in [0.15, 0.2) is 6.61 Å². The van der Waals surface area contributed by atoms with Crippen LogP contribution in [-0.4, -0.2) is 12.6 Å². The number of rotatable bonds is 3. The van der Waals surface area contributed by atoms with E-state index in [9.17, 15) is 4.79 Å². The number of hydrogen-bond acceptors (Lipinski definition) is 3. The van der Waals surface area contributed by atoms with Crippen LogP contribution < -0.4 is 5.73 Å². The highest BCUT2D eigenvalue weighted by Gasteiger charge is 2.09. The van der Waals surface area contributed by atoms with Gasteiger partial charge in [-0.3, -0.25) is 4.79 Å². The summed E-state index contributed by atoms with van der Waals surface area (Å²) in [6, 6.07) is 3.87. The van der Waals surface area contributed by atoms with Gasteiger partial charge in [-0.2, -0.15) is 0 Å². The number of aryl methyl sites for hydroxylation is 2. The number of nitrogens with two attached hydrogens (primary N) is 1. The normalized spacial score (nSPS) is 9.56. The van der Waals surface area contributed by atoms with Gasteiger partial charge < -0.3 is 10.5 Å². The van der Waals surface area contributed by atoms with E-state index in [1.165, 1.54) is 0 Å². The third-order valence-electron chi connectivity index (χ3n) is 2.27. The van der Waals surface area contributed by atoms with Crippen molar-refractivity contribution in [3.8, 4) is 12.3 Å². The molecule has 0 bridgehead atoms. The lowest BCUT2D eigenvalue weighted by Crippen LogP contribution is -2.10. The number of carbonyl (C=O) groups is 1. The number of benzene rings is 1. The van der Waals surface area contributed by atoms with Crippen LogP contribution in [0.25, 0.3) is 0 Å². The number of terminal acetylenes is 1. The van der Waals surface area contributed by atoms with Gasteiger partial charge >= 0.3 is 5.97 Å². The van der Waals surface area contributed by atoms with Crippen molar-refractivity contribution < 1.29 is 9.53 Å². The van der Waals surface area contributed by atoms with Gasteiger partial charge in [-0.05, 0) is 25.0 Å². The molecule has 16 heavy (non-hydrogen) atoms. The van der Waals surface area contributed by atoms with Crippen LogP contribution in [0.4, 0.5) is 5.69 Å². The molecule has 0 heterocycles. The Morgan fingerprint density at radius 3 is 2.81 bits per heavy atom. The zero-order chi connectivity index (χ0) is 12.1. The fourth-order valence-electron chi connectivity index (χ4n) is 1.54. The molecule has 2 N–H and O–H groups in total. The number of esters is 1. The molecule has 0 fully saturated rings. The molecule has 0 aliphatic heterocycles. The van der Waals surface area contributed by atoms with Crippen molar-refractivity contribution >= 4 is 11.7 Å². The molecule has 1 rings (SSSR count). The van der Waals surface area contributed by atoms with Crippen LogP contribution in [-0.2, 0) is 16.0 Å². The van der Waals surface area contributed by atoms with Crippen molar-refractivity contribution in [2.24, 2.45) is 0 Å². The van der Waals surface area contributed by atoms with Crippen LogP contribution in [0.15, 0.2) is 12.1 Å². The van der Waals surface area contributed by atoms with Gasteiger partial charge in [0.2, 0.25) is 0 Å². The summed E-state index contributed by atoms with van der Waals surface area (Å²) in [5, 5.41) is 0. The average molecular weight is 217 g/mol. The Labute approximate surface area is 95.6 Å². The van der Waals surface area contributed by atoms with Crippen molar-refractivity contribution in [2.75, 3.05) is 12.3 Å². The highest BCUT2D eigenvalue weighted by molar-refractivity contribution is 5.75. The molecular weight excluding hydrogens is 202 g/mol. The summed E-state index contributed by atoms with van der Waals surface area (Å²) >= 11 is 0. The molecule has 0 radical (unpaired) electrons. The van der Waals surface area contributed by atoms with Crippen molar-refractivity contribution in [3.63, 3.8) is 0 Å². The molecule has 0 saturated heterocycles. The van der Waals surface area contributed by atoms with E-state index in [0.717, 1.165) is 16.7 Å². The Balaban J connectivity index is 2.81. The predicted molar refractivity (Wildman–Crippen MR) is 63.8 cm³/mol. The van der Waals surface area contributed by atoms with Gasteiger partial charge in [-0.1, -0.05) is 23.6 Å². The van der Waals surface area contributed by atoms with Gasteiger partial charge in [-0.25, -0.2) is 0 Å². The first-order valence-electron chi connectivity index (χ1n) is 4.99. The Hall–Kier alpha value is -1.95. The lowest BCUT2D eigenvalue weighted by atomic mass is 10.0. The van der Waals surface area contributed by atoms with Crippen LogP contribution in [0.3, 0.4) is 0 Å². The first-order chi connectivity index (χ1) is 7.54. The monoisotopic (exact) mass is 217 g/mol. The second-order valence-electron chi connectivity index (χ2n) is 3.70. The van der Waals surface area contributed by atoms with Crippen LogP contribution in [0.1, 0.15) is 16.7 Å². The first-order valence-corrected chi connectivity index (χ1v) is 4.99. The summed E-state index contributed by atoms with van der Waals surface area (Å²) in [5.41, 5.74) is 9.36. The molecule has 0 amide bonds. The molecule has 0 aromatic heterocycles. The molecule has 0 saturated carbocycles. The Kier molecular flexibility index (Phi) is 3.96. The maximum atomic E-state index is 11.4. The third kappa shape index (κ3) is 3.03. The summed E-state index contributed by atoms with van der Waals surface area (Å²) in [6.45, 7) is 3.88. The fourth-order valence-corrected chi connectivity index (χ4v) is 1.54. The molecule has 0 spiro atoms. The molecule has 1 aromatic carbocycles. The number of ether oxygens (including phenoxy) is 1. The number of nitrogen functional groups attached to an aromatic ring is 1. The van der Waals surface area contributed by atoms with E-state index < -0.39 is 0 Å². The van der Waals surface area contributed by atoms with Crippen LogP contribution in [0.5, 0.6) is 0 Å². The van der Waals surface area contributed by atoms with Crippen molar-refractivity contribution in [1.29, 1.82) is 0 Å². The second-order valence-corrected chi connectivity index (χ2v) is 3.70. The molecule has 0 aliphatic rings. The minimum absolute atomic E-state index is 0.00351. The van der Waals surface area contributed by atoms with Gasteiger partial charge in [0, 0.05) is 5.69 Å². The lowest BCUT2D eigenvalue weighted by Gasteiger charge is -2.09. The van der Waals surface area contributed by atoms with E-state index in [4.69, 9.17) is 16.9 Å². The van der Waals surface area contributed by atoms with Crippen LogP contribution in [0, 0.1) is 26.2 Å². The molecule has 0 aliphatic carbocycles. The molecule has 0 unspecified atom stereocenters. The predicted octanol–water partition coefficient (Wildman–Crippen LogP) is 1.60.